The van der Waals surface area contributed by atoms with Gasteiger partial charge in [0.1, 0.15) is 0 Å². The molecule has 1 unspecified atom stereocenters. The van der Waals surface area contributed by atoms with E-state index >= 15 is 0 Å². The van der Waals surface area contributed by atoms with Gasteiger partial charge >= 0.3 is 0 Å². The molecule has 1 aromatic heterocycles. The summed E-state index contributed by atoms with van der Waals surface area (Å²) in [6, 6.07) is 1.53. The highest BCUT2D eigenvalue weighted by molar-refractivity contribution is 6.33. The summed E-state index contributed by atoms with van der Waals surface area (Å²) in [6.07, 6.45) is 3.92. The van der Waals surface area contributed by atoms with E-state index in [0.29, 0.717) is 18.4 Å². The van der Waals surface area contributed by atoms with Crippen molar-refractivity contribution in [2.75, 3.05) is 0 Å². The van der Waals surface area contributed by atoms with Gasteiger partial charge in [-0.2, -0.15) is 0 Å². The predicted octanol–water partition coefficient (Wildman–Crippen LogP) is 4.13. The smallest absolute Gasteiger partial charge is 0.248 e. The Balaban J connectivity index is 2.02. The zero-order valence-electron chi connectivity index (χ0n) is 9.83. The van der Waals surface area contributed by atoms with Gasteiger partial charge in [-0.1, -0.05) is 11.6 Å². The minimum atomic E-state index is -2.62. The van der Waals surface area contributed by atoms with Gasteiger partial charge in [-0.3, -0.25) is 9.78 Å². The molecule has 0 aromatic carbocycles. The Bertz CT molecular complexity index is 450. The Labute approximate surface area is 109 Å². The van der Waals surface area contributed by atoms with Crippen molar-refractivity contribution in [2.45, 2.75) is 38.0 Å². The molecule has 1 aliphatic carbocycles. The van der Waals surface area contributed by atoms with Crippen molar-refractivity contribution < 1.29 is 13.6 Å². The molecule has 1 aromatic rings. The normalized spacial score (nSPS) is 22.7. The lowest BCUT2D eigenvalue weighted by atomic mass is 9.83. The fourth-order valence-electron chi connectivity index (χ4n) is 2.42. The molecule has 0 amide bonds. The van der Waals surface area contributed by atoms with Gasteiger partial charge in [-0.05, 0) is 24.8 Å². The SMILES string of the molecule is O=C(CC1CCCC(F)(F)C1)c1ccncc1Cl. The van der Waals surface area contributed by atoms with E-state index < -0.39 is 5.92 Å². The average molecular weight is 274 g/mol. The highest BCUT2D eigenvalue weighted by Crippen LogP contribution is 2.38. The van der Waals surface area contributed by atoms with Gasteiger partial charge in [-0.25, -0.2) is 8.78 Å². The van der Waals surface area contributed by atoms with Crippen LogP contribution in [-0.2, 0) is 0 Å². The molecule has 0 spiro atoms. The minimum absolute atomic E-state index is 0.0618. The van der Waals surface area contributed by atoms with Gasteiger partial charge in [0.05, 0.1) is 5.02 Å². The molecule has 2 rings (SSSR count). The quantitative estimate of drug-likeness (QED) is 0.775. The van der Waals surface area contributed by atoms with Gasteiger partial charge in [0.15, 0.2) is 5.78 Å². The first-order valence-electron chi connectivity index (χ1n) is 5.98. The molecule has 18 heavy (non-hydrogen) atoms. The van der Waals surface area contributed by atoms with Crippen LogP contribution in [-0.4, -0.2) is 16.7 Å². The fraction of sp³-hybridized carbons (Fsp3) is 0.538. The van der Waals surface area contributed by atoms with Crippen molar-refractivity contribution in [1.29, 1.82) is 0 Å². The first kappa shape index (κ1) is 13.4. The number of ketones is 1. The van der Waals surface area contributed by atoms with Crippen LogP contribution in [0.3, 0.4) is 0 Å². The third kappa shape index (κ3) is 3.25. The zero-order chi connectivity index (χ0) is 13.2. The number of alkyl halides is 2. The average Bonchev–Trinajstić information content (AvgIpc) is 2.28. The Hall–Kier alpha value is -1.03. The highest BCUT2D eigenvalue weighted by Gasteiger charge is 2.36. The Morgan fingerprint density at radius 2 is 2.33 bits per heavy atom. The summed E-state index contributed by atoms with van der Waals surface area (Å²) in [6.45, 7) is 0. The van der Waals surface area contributed by atoms with E-state index in [4.69, 9.17) is 11.6 Å². The maximum atomic E-state index is 13.2. The van der Waals surface area contributed by atoms with E-state index in [1.165, 1.54) is 18.5 Å². The second-order valence-corrected chi connectivity index (χ2v) is 5.21. The summed E-state index contributed by atoms with van der Waals surface area (Å²) in [7, 11) is 0. The van der Waals surface area contributed by atoms with Crippen LogP contribution in [0.4, 0.5) is 8.78 Å². The molecule has 1 fully saturated rings. The van der Waals surface area contributed by atoms with Crippen molar-refractivity contribution >= 4 is 17.4 Å². The van der Waals surface area contributed by atoms with Crippen LogP contribution in [0.2, 0.25) is 5.02 Å². The van der Waals surface area contributed by atoms with Crippen molar-refractivity contribution in [3.63, 3.8) is 0 Å². The summed E-state index contributed by atoms with van der Waals surface area (Å²) in [4.78, 5) is 15.8. The van der Waals surface area contributed by atoms with Crippen LogP contribution in [0.5, 0.6) is 0 Å². The van der Waals surface area contributed by atoms with Crippen LogP contribution in [0.15, 0.2) is 18.5 Å². The molecule has 0 saturated heterocycles. The first-order valence-corrected chi connectivity index (χ1v) is 6.36. The molecule has 0 aliphatic heterocycles. The third-order valence-electron chi connectivity index (χ3n) is 3.29. The number of nitrogens with zero attached hydrogens (tertiary/aromatic N) is 1. The predicted molar refractivity (Wildman–Crippen MR) is 65.1 cm³/mol. The van der Waals surface area contributed by atoms with E-state index in [1.807, 2.05) is 0 Å². The maximum absolute atomic E-state index is 13.2. The molecule has 0 bridgehead atoms. The summed E-state index contributed by atoms with van der Waals surface area (Å²) in [5.74, 6) is -3.04. The van der Waals surface area contributed by atoms with E-state index in [9.17, 15) is 13.6 Å². The van der Waals surface area contributed by atoms with Crippen LogP contribution in [0.25, 0.3) is 0 Å². The van der Waals surface area contributed by atoms with E-state index in [0.717, 1.165) is 0 Å². The number of halogens is 3. The summed E-state index contributed by atoms with van der Waals surface area (Å²) in [5.41, 5.74) is 0.376. The van der Waals surface area contributed by atoms with E-state index in [2.05, 4.69) is 4.98 Å². The Kier molecular flexibility index (Phi) is 3.95. The number of Topliss-reactive ketones (excluding diaryl/α,β-unsaturated/α-hetero) is 1. The topological polar surface area (TPSA) is 30.0 Å². The molecular formula is C13H14ClF2NO. The molecule has 98 valence electrons. The minimum Gasteiger partial charge on any atom is -0.294 e. The van der Waals surface area contributed by atoms with Crippen molar-refractivity contribution in [2.24, 2.45) is 5.92 Å². The standard InChI is InChI=1S/C13H14ClF2NO/c14-11-8-17-5-3-10(11)12(18)6-9-2-1-4-13(15,16)7-9/h3,5,8-9H,1-2,4,6-7H2. The zero-order valence-corrected chi connectivity index (χ0v) is 10.6. The molecule has 1 atom stereocenters. The number of aromatic nitrogens is 1. The van der Waals surface area contributed by atoms with Crippen LogP contribution in [0, 0.1) is 5.92 Å². The summed E-state index contributed by atoms with van der Waals surface area (Å²) in [5, 5.41) is 0.282. The fourth-order valence-corrected chi connectivity index (χ4v) is 2.65. The number of pyridine rings is 1. The molecule has 1 aliphatic rings. The van der Waals surface area contributed by atoms with Crippen LogP contribution < -0.4 is 0 Å². The number of hydrogen-bond acceptors (Lipinski definition) is 2. The molecular weight excluding hydrogens is 260 g/mol. The van der Waals surface area contributed by atoms with Gasteiger partial charge in [0.2, 0.25) is 5.92 Å². The highest BCUT2D eigenvalue weighted by atomic mass is 35.5. The number of hydrogen-bond donors (Lipinski definition) is 0. The molecule has 1 heterocycles. The Morgan fingerprint density at radius 3 is 3.00 bits per heavy atom. The van der Waals surface area contributed by atoms with Gasteiger partial charge < -0.3 is 0 Å². The molecule has 5 heteroatoms. The third-order valence-corrected chi connectivity index (χ3v) is 3.59. The second-order valence-electron chi connectivity index (χ2n) is 4.80. The van der Waals surface area contributed by atoms with Gasteiger partial charge in [0.25, 0.3) is 0 Å². The summed E-state index contributed by atoms with van der Waals surface area (Å²) >= 11 is 5.86. The van der Waals surface area contributed by atoms with Crippen molar-refractivity contribution in [3.05, 3.63) is 29.0 Å². The van der Waals surface area contributed by atoms with E-state index in [-0.39, 0.29) is 36.0 Å². The van der Waals surface area contributed by atoms with Gasteiger partial charge in [-0.15, -0.1) is 0 Å². The Morgan fingerprint density at radius 1 is 1.56 bits per heavy atom. The molecule has 0 radical (unpaired) electrons. The van der Waals surface area contributed by atoms with Gasteiger partial charge in [0, 0.05) is 37.2 Å². The monoisotopic (exact) mass is 273 g/mol. The first-order chi connectivity index (χ1) is 8.48. The summed E-state index contributed by atoms with van der Waals surface area (Å²) < 4.78 is 26.5. The van der Waals surface area contributed by atoms with Crippen LogP contribution >= 0.6 is 11.6 Å². The second kappa shape index (κ2) is 5.31. The number of carbonyl (C=O) groups is 1. The lowest BCUT2D eigenvalue weighted by Gasteiger charge is -2.28. The van der Waals surface area contributed by atoms with Crippen molar-refractivity contribution in [1.82, 2.24) is 4.98 Å². The number of carbonyl (C=O) groups excluding carboxylic acids is 1. The molecule has 1 saturated carbocycles. The van der Waals surface area contributed by atoms with Crippen LogP contribution in [0.1, 0.15) is 42.5 Å². The molecule has 2 nitrogen and oxygen atoms in total. The largest absolute Gasteiger partial charge is 0.294 e. The lowest BCUT2D eigenvalue weighted by molar-refractivity contribution is -0.0521. The lowest BCUT2D eigenvalue weighted by Crippen LogP contribution is -2.27. The number of rotatable bonds is 3. The van der Waals surface area contributed by atoms with Crippen molar-refractivity contribution in [3.8, 4) is 0 Å². The molecule has 0 N–H and O–H groups in total. The van der Waals surface area contributed by atoms with E-state index in [1.54, 1.807) is 0 Å². The maximum Gasteiger partial charge on any atom is 0.248 e.